The first-order valence-electron chi connectivity index (χ1n) is 8.70. The Morgan fingerprint density at radius 3 is 2.75 bits per heavy atom. The van der Waals surface area contributed by atoms with Crippen molar-refractivity contribution >= 4 is 11.8 Å². The smallest absolute Gasteiger partial charge is 0.242 e. The Morgan fingerprint density at radius 2 is 2.21 bits per heavy atom. The van der Waals surface area contributed by atoms with Gasteiger partial charge in [0.25, 0.3) is 0 Å². The number of ether oxygens (including phenoxy) is 1. The molecule has 0 radical (unpaired) electrons. The van der Waals surface area contributed by atoms with Crippen molar-refractivity contribution in [2.24, 2.45) is 0 Å². The molecular formula is C18H28N2O4. The zero-order valence-corrected chi connectivity index (χ0v) is 14.9. The number of hydrogen-bond acceptors (Lipinski definition) is 4. The summed E-state index contributed by atoms with van der Waals surface area (Å²) in [5, 5.41) is 0. The van der Waals surface area contributed by atoms with Crippen molar-refractivity contribution in [2.75, 3.05) is 19.7 Å². The lowest BCUT2D eigenvalue weighted by Gasteiger charge is -2.31. The molecule has 24 heavy (non-hydrogen) atoms. The monoisotopic (exact) mass is 336 g/mol. The molecule has 1 aromatic rings. The minimum Gasteiger partial charge on any atom is -0.467 e. The molecule has 1 saturated heterocycles. The summed E-state index contributed by atoms with van der Waals surface area (Å²) in [7, 11) is 0. The number of amides is 2. The second kappa shape index (κ2) is 8.87. The Bertz CT molecular complexity index is 523. The van der Waals surface area contributed by atoms with Crippen molar-refractivity contribution in [2.45, 2.75) is 58.7 Å². The van der Waals surface area contributed by atoms with E-state index < -0.39 is 0 Å². The maximum atomic E-state index is 12.8. The summed E-state index contributed by atoms with van der Waals surface area (Å²) in [6, 6.07) is 3.71. The molecule has 0 aliphatic carbocycles. The van der Waals surface area contributed by atoms with Crippen LogP contribution in [0.2, 0.25) is 0 Å². The standard InChI is InChI=1S/C18H28N2O4/c1-4-14(2)20(15(3)21)13-18(22)19(11-16-7-5-9-23-16)12-17-8-6-10-24-17/h5,7,9,14,17H,4,6,8,10-13H2,1-3H3/t14-,17+/m0/s1. The normalized spacial score (nSPS) is 18.4. The van der Waals surface area contributed by atoms with Crippen LogP contribution in [0, 0.1) is 0 Å². The van der Waals surface area contributed by atoms with Crippen LogP contribution < -0.4 is 0 Å². The van der Waals surface area contributed by atoms with Crippen LogP contribution in [0.4, 0.5) is 0 Å². The van der Waals surface area contributed by atoms with E-state index in [1.54, 1.807) is 16.1 Å². The molecule has 6 nitrogen and oxygen atoms in total. The van der Waals surface area contributed by atoms with Crippen molar-refractivity contribution in [3.05, 3.63) is 24.2 Å². The van der Waals surface area contributed by atoms with Crippen LogP contribution in [-0.2, 0) is 20.9 Å². The number of carbonyl (C=O) groups is 2. The van der Waals surface area contributed by atoms with Gasteiger partial charge in [-0.2, -0.15) is 0 Å². The van der Waals surface area contributed by atoms with Crippen LogP contribution in [0.3, 0.4) is 0 Å². The maximum absolute atomic E-state index is 12.8. The molecule has 0 aromatic carbocycles. The van der Waals surface area contributed by atoms with E-state index in [-0.39, 0.29) is 30.5 Å². The molecule has 1 aromatic heterocycles. The summed E-state index contributed by atoms with van der Waals surface area (Å²) in [5.74, 6) is 0.587. The summed E-state index contributed by atoms with van der Waals surface area (Å²) >= 11 is 0. The van der Waals surface area contributed by atoms with Gasteiger partial charge in [-0.25, -0.2) is 0 Å². The molecule has 0 N–H and O–H groups in total. The number of nitrogens with zero attached hydrogens (tertiary/aromatic N) is 2. The third-order valence-electron chi connectivity index (χ3n) is 4.56. The maximum Gasteiger partial charge on any atom is 0.242 e. The molecule has 0 spiro atoms. The van der Waals surface area contributed by atoms with Gasteiger partial charge in [-0.1, -0.05) is 6.92 Å². The molecule has 1 fully saturated rings. The summed E-state index contributed by atoms with van der Waals surface area (Å²) in [6.07, 6.45) is 4.48. The van der Waals surface area contributed by atoms with Crippen LogP contribution in [0.1, 0.15) is 45.8 Å². The van der Waals surface area contributed by atoms with E-state index in [4.69, 9.17) is 9.15 Å². The van der Waals surface area contributed by atoms with Gasteiger partial charge in [0.1, 0.15) is 5.76 Å². The number of rotatable bonds is 8. The largest absolute Gasteiger partial charge is 0.467 e. The molecule has 2 heterocycles. The molecule has 1 aliphatic heterocycles. The average Bonchev–Trinajstić information content (AvgIpc) is 3.24. The Hall–Kier alpha value is -1.82. The SMILES string of the molecule is CC[C@H](C)N(CC(=O)N(Cc1ccco1)C[C@H]1CCCO1)C(C)=O. The Kier molecular flexibility index (Phi) is 6.85. The van der Waals surface area contributed by atoms with Crippen molar-refractivity contribution in [1.29, 1.82) is 0 Å². The van der Waals surface area contributed by atoms with E-state index in [0.717, 1.165) is 31.6 Å². The molecule has 2 rings (SSSR count). The highest BCUT2D eigenvalue weighted by molar-refractivity contribution is 5.84. The number of carbonyl (C=O) groups excluding carboxylic acids is 2. The first-order chi connectivity index (χ1) is 11.5. The number of furan rings is 1. The van der Waals surface area contributed by atoms with Crippen LogP contribution in [0.25, 0.3) is 0 Å². The minimum atomic E-state index is -0.0761. The fourth-order valence-corrected chi connectivity index (χ4v) is 2.92. The van der Waals surface area contributed by atoms with Crippen LogP contribution in [0.5, 0.6) is 0 Å². The second-order valence-corrected chi connectivity index (χ2v) is 6.39. The first-order valence-corrected chi connectivity index (χ1v) is 8.70. The lowest BCUT2D eigenvalue weighted by molar-refractivity contribution is -0.142. The molecule has 6 heteroatoms. The molecule has 0 unspecified atom stereocenters. The van der Waals surface area contributed by atoms with Gasteiger partial charge in [-0.15, -0.1) is 0 Å². The third-order valence-corrected chi connectivity index (χ3v) is 4.56. The predicted molar refractivity (Wildman–Crippen MR) is 90.2 cm³/mol. The number of hydrogen-bond donors (Lipinski definition) is 0. The molecule has 1 aliphatic rings. The average molecular weight is 336 g/mol. The molecule has 0 bridgehead atoms. The zero-order chi connectivity index (χ0) is 17.5. The van der Waals surface area contributed by atoms with E-state index in [1.807, 2.05) is 26.0 Å². The lowest BCUT2D eigenvalue weighted by atomic mass is 10.2. The highest BCUT2D eigenvalue weighted by atomic mass is 16.5. The summed E-state index contributed by atoms with van der Waals surface area (Å²) in [5.41, 5.74) is 0. The van der Waals surface area contributed by atoms with Crippen molar-refractivity contribution in [3.63, 3.8) is 0 Å². The highest BCUT2D eigenvalue weighted by Gasteiger charge is 2.26. The molecule has 2 amide bonds. The molecule has 134 valence electrons. The fraction of sp³-hybridized carbons (Fsp3) is 0.667. The van der Waals surface area contributed by atoms with Crippen LogP contribution in [0.15, 0.2) is 22.8 Å². The van der Waals surface area contributed by atoms with E-state index in [0.29, 0.717) is 13.1 Å². The summed E-state index contributed by atoms with van der Waals surface area (Å²) in [4.78, 5) is 28.1. The van der Waals surface area contributed by atoms with Gasteiger partial charge >= 0.3 is 0 Å². The van der Waals surface area contributed by atoms with Crippen LogP contribution in [-0.4, -0.2) is 53.5 Å². The van der Waals surface area contributed by atoms with Gasteiger partial charge in [-0.05, 0) is 38.3 Å². The summed E-state index contributed by atoms with van der Waals surface area (Å²) in [6.45, 7) is 7.27. The molecule has 2 atom stereocenters. The van der Waals surface area contributed by atoms with Gasteiger partial charge < -0.3 is 19.0 Å². The predicted octanol–water partition coefficient (Wildman–Crippen LogP) is 2.43. The van der Waals surface area contributed by atoms with Crippen LogP contribution >= 0.6 is 0 Å². The van der Waals surface area contributed by atoms with Gasteiger partial charge in [0.2, 0.25) is 11.8 Å². The Labute approximate surface area is 143 Å². The first kappa shape index (κ1) is 18.5. The van der Waals surface area contributed by atoms with Gasteiger partial charge in [0.05, 0.1) is 25.5 Å². The van der Waals surface area contributed by atoms with Gasteiger partial charge in [-0.3, -0.25) is 9.59 Å². The molecule has 0 saturated carbocycles. The van der Waals surface area contributed by atoms with Gasteiger partial charge in [0.15, 0.2) is 0 Å². The lowest BCUT2D eigenvalue weighted by Crippen LogP contribution is -2.47. The van der Waals surface area contributed by atoms with E-state index >= 15 is 0 Å². The topological polar surface area (TPSA) is 63.0 Å². The van der Waals surface area contributed by atoms with E-state index in [1.165, 1.54) is 6.92 Å². The van der Waals surface area contributed by atoms with Crippen molar-refractivity contribution < 1.29 is 18.7 Å². The van der Waals surface area contributed by atoms with E-state index in [9.17, 15) is 9.59 Å². The quantitative estimate of drug-likeness (QED) is 0.731. The second-order valence-electron chi connectivity index (χ2n) is 6.39. The van der Waals surface area contributed by atoms with Crippen molar-refractivity contribution in [3.8, 4) is 0 Å². The third kappa shape index (κ3) is 5.09. The van der Waals surface area contributed by atoms with Gasteiger partial charge in [0, 0.05) is 26.1 Å². The Morgan fingerprint density at radius 1 is 1.42 bits per heavy atom. The highest BCUT2D eigenvalue weighted by Crippen LogP contribution is 2.16. The van der Waals surface area contributed by atoms with Crippen molar-refractivity contribution in [1.82, 2.24) is 9.80 Å². The molecular weight excluding hydrogens is 308 g/mol. The Balaban J connectivity index is 2.05. The summed E-state index contributed by atoms with van der Waals surface area (Å²) < 4.78 is 11.1. The fourth-order valence-electron chi connectivity index (χ4n) is 2.92. The zero-order valence-electron chi connectivity index (χ0n) is 14.9. The minimum absolute atomic E-state index is 0.0413. The van der Waals surface area contributed by atoms with E-state index in [2.05, 4.69) is 0 Å².